The van der Waals surface area contributed by atoms with Gasteiger partial charge in [0.05, 0.1) is 5.69 Å². The molecule has 0 saturated heterocycles. The maximum absolute atomic E-state index is 13.9. The molecule has 2 saturated carbocycles. The number of nitrogen functional groups attached to an aromatic ring is 1. The summed E-state index contributed by atoms with van der Waals surface area (Å²) in [6, 6.07) is 6.77. The van der Waals surface area contributed by atoms with E-state index in [1.54, 1.807) is 6.07 Å². The molecule has 2 aliphatic rings. The largest absolute Gasteiger partial charge is 0.395 e. The van der Waals surface area contributed by atoms with Crippen LogP contribution in [0.2, 0.25) is 5.02 Å². The topological polar surface area (TPSA) is 117 Å². The van der Waals surface area contributed by atoms with Crippen LogP contribution in [-0.4, -0.2) is 45.1 Å². The van der Waals surface area contributed by atoms with Gasteiger partial charge in [-0.25, -0.2) is 0 Å². The number of nitrogens with two attached hydrogens (primary N) is 1. The van der Waals surface area contributed by atoms with E-state index in [9.17, 15) is 14.4 Å². The monoisotopic (exact) mass is 545 g/mol. The highest BCUT2D eigenvalue weighted by Crippen LogP contribution is 2.28. The Balaban J connectivity index is 1.58. The first kappa shape index (κ1) is 27.4. The third-order valence-electron chi connectivity index (χ3n) is 7.40. The summed E-state index contributed by atoms with van der Waals surface area (Å²) in [5.74, 6) is -0.975. The minimum absolute atomic E-state index is 0.0542. The van der Waals surface area contributed by atoms with Crippen molar-refractivity contribution in [3.05, 3.63) is 45.4 Å². The van der Waals surface area contributed by atoms with Gasteiger partial charge in [-0.2, -0.15) is 4.37 Å². The second kappa shape index (κ2) is 12.7. The Morgan fingerprint density at radius 2 is 1.68 bits per heavy atom. The summed E-state index contributed by atoms with van der Waals surface area (Å²) < 4.78 is 4.25. The van der Waals surface area contributed by atoms with Crippen LogP contribution in [0.15, 0.2) is 24.3 Å². The van der Waals surface area contributed by atoms with Crippen molar-refractivity contribution in [2.45, 2.75) is 95.8 Å². The van der Waals surface area contributed by atoms with E-state index in [2.05, 4.69) is 15.0 Å². The van der Waals surface area contributed by atoms with E-state index in [1.165, 1.54) is 11.3 Å². The summed E-state index contributed by atoms with van der Waals surface area (Å²) in [5, 5.41) is 6.65. The molecule has 2 aliphatic carbocycles. The number of amides is 3. The van der Waals surface area contributed by atoms with Gasteiger partial charge in [0.1, 0.15) is 10.9 Å². The molecule has 0 spiro atoms. The van der Waals surface area contributed by atoms with Crippen molar-refractivity contribution >= 4 is 46.5 Å². The van der Waals surface area contributed by atoms with E-state index in [0.717, 1.165) is 68.5 Å². The third-order valence-corrected chi connectivity index (χ3v) is 8.62. The predicted octanol–water partition coefficient (Wildman–Crippen LogP) is 4.92. The van der Waals surface area contributed by atoms with Gasteiger partial charge in [-0.1, -0.05) is 68.8 Å². The van der Waals surface area contributed by atoms with Crippen LogP contribution in [0.3, 0.4) is 0 Å². The molecule has 4 rings (SSSR count). The number of aromatic nitrogens is 1. The van der Waals surface area contributed by atoms with Gasteiger partial charge in [0.2, 0.25) is 5.91 Å². The molecule has 1 aromatic heterocycles. The molecule has 4 N–H and O–H groups in total. The van der Waals surface area contributed by atoms with Crippen LogP contribution in [0, 0.1) is 0 Å². The molecule has 37 heavy (non-hydrogen) atoms. The van der Waals surface area contributed by atoms with E-state index in [0.29, 0.717) is 11.4 Å². The van der Waals surface area contributed by atoms with Crippen LogP contribution in [-0.2, 0) is 11.3 Å². The van der Waals surface area contributed by atoms with Crippen LogP contribution in [0.4, 0.5) is 5.69 Å². The fourth-order valence-electron chi connectivity index (χ4n) is 5.29. The Hall–Kier alpha value is -2.65. The second-order valence-electron chi connectivity index (χ2n) is 10.0. The van der Waals surface area contributed by atoms with Gasteiger partial charge in [-0.15, -0.1) is 0 Å². The minimum Gasteiger partial charge on any atom is -0.395 e. The SMILES string of the molecule is CC[C@H](C(=O)NC1CCCC1)N(Cc1ccccc1Cl)C(=O)c1snc(C(=O)NC2CCCCC2)c1N. The van der Waals surface area contributed by atoms with Gasteiger partial charge in [-0.05, 0) is 55.3 Å². The maximum Gasteiger partial charge on any atom is 0.273 e. The Kier molecular flexibility index (Phi) is 9.43. The summed E-state index contributed by atoms with van der Waals surface area (Å²) in [6.07, 6.45) is 9.70. The van der Waals surface area contributed by atoms with Crippen molar-refractivity contribution in [1.82, 2.24) is 19.9 Å². The highest BCUT2D eigenvalue weighted by Gasteiger charge is 2.34. The van der Waals surface area contributed by atoms with Gasteiger partial charge in [0, 0.05) is 23.7 Å². The summed E-state index contributed by atoms with van der Waals surface area (Å²) >= 11 is 7.33. The molecular weight excluding hydrogens is 510 g/mol. The second-order valence-corrected chi connectivity index (χ2v) is 11.2. The number of benzene rings is 1. The molecule has 8 nitrogen and oxygen atoms in total. The summed E-state index contributed by atoms with van der Waals surface area (Å²) in [5.41, 5.74) is 7.18. The number of nitrogens with zero attached hydrogens (tertiary/aromatic N) is 2. The molecule has 0 aliphatic heterocycles. The average Bonchev–Trinajstić information content (AvgIpc) is 3.54. The van der Waals surface area contributed by atoms with Crippen LogP contribution < -0.4 is 16.4 Å². The number of carbonyl (C=O) groups excluding carboxylic acids is 3. The zero-order chi connectivity index (χ0) is 26.4. The van der Waals surface area contributed by atoms with E-state index in [1.807, 2.05) is 25.1 Å². The molecule has 1 aromatic carbocycles. The molecule has 200 valence electrons. The van der Waals surface area contributed by atoms with E-state index < -0.39 is 11.9 Å². The molecule has 3 amide bonds. The fraction of sp³-hybridized carbons (Fsp3) is 0.556. The predicted molar refractivity (Wildman–Crippen MR) is 147 cm³/mol. The van der Waals surface area contributed by atoms with Crippen LogP contribution in [0.5, 0.6) is 0 Å². The van der Waals surface area contributed by atoms with Gasteiger partial charge >= 0.3 is 0 Å². The van der Waals surface area contributed by atoms with Gasteiger partial charge in [0.25, 0.3) is 11.8 Å². The fourth-order valence-corrected chi connectivity index (χ4v) is 6.24. The van der Waals surface area contributed by atoms with Gasteiger partial charge in [-0.3, -0.25) is 14.4 Å². The molecule has 10 heteroatoms. The first-order chi connectivity index (χ1) is 17.9. The molecule has 0 radical (unpaired) electrons. The van der Waals surface area contributed by atoms with E-state index in [-0.39, 0.29) is 46.7 Å². The van der Waals surface area contributed by atoms with Crippen molar-refractivity contribution in [2.75, 3.05) is 5.73 Å². The summed E-state index contributed by atoms with van der Waals surface area (Å²) in [7, 11) is 0. The molecular formula is C27H36ClN5O3S. The Morgan fingerprint density at radius 1 is 1.05 bits per heavy atom. The van der Waals surface area contributed by atoms with E-state index >= 15 is 0 Å². The maximum atomic E-state index is 13.9. The molecule has 2 aromatic rings. The molecule has 1 heterocycles. The number of carbonyl (C=O) groups is 3. The standard InChI is InChI=1S/C27H36ClN5O3S/c1-2-21(25(34)30-18-13-7-8-14-18)33(16-17-10-6-9-15-20(17)28)27(36)24-22(29)23(32-37-24)26(35)31-19-11-4-3-5-12-19/h6,9-10,15,18-19,21H,2-5,7-8,11-14,16,29H2,1H3,(H,30,34)(H,31,35)/t21-/m1/s1. The summed E-state index contributed by atoms with van der Waals surface area (Å²) in [4.78, 5) is 41.9. The van der Waals surface area contributed by atoms with Crippen LogP contribution >= 0.6 is 23.1 Å². The van der Waals surface area contributed by atoms with Crippen molar-refractivity contribution in [2.24, 2.45) is 0 Å². The number of nitrogens with one attached hydrogen (secondary N) is 2. The lowest BCUT2D eigenvalue weighted by Gasteiger charge is -2.31. The van der Waals surface area contributed by atoms with Crippen LogP contribution in [0.25, 0.3) is 0 Å². The summed E-state index contributed by atoms with van der Waals surface area (Å²) in [6.45, 7) is 2.01. The number of anilines is 1. The first-order valence-corrected chi connectivity index (χ1v) is 14.4. The average molecular weight is 546 g/mol. The smallest absolute Gasteiger partial charge is 0.273 e. The van der Waals surface area contributed by atoms with Gasteiger partial charge < -0.3 is 21.3 Å². The molecule has 0 unspecified atom stereocenters. The van der Waals surface area contributed by atoms with Gasteiger partial charge in [0.15, 0.2) is 5.69 Å². The lowest BCUT2D eigenvalue weighted by Crippen LogP contribution is -2.50. The van der Waals surface area contributed by atoms with E-state index in [4.69, 9.17) is 17.3 Å². The van der Waals surface area contributed by atoms with Crippen molar-refractivity contribution in [3.8, 4) is 0 Å². The zero-order valence-electron chi connectivity index (χ0n) is 21.3. The highest BCUT2D eigenvalue weighted by atomic mass is 35.5. The molecule has 0 bridgehead atoms. The van der Waals surface area contributed by atoms with Crippen LogP contribution in [0.1, 0.15) is 96.9 Å². The lowest BCUT2D eigenvalue weighted by molar-refractivity contribution is -0.126. The van der Waals surface area contributed by atoms with Crippen molar-refractivity contribution in [1.29, 1.82) is 0 Å². The normalized spacial score (nSPS) is 17.4. The van der Waals surface area contributed by atoms with Crippen molar-refractivity contribution in [3.63, 3.8) is 0 Å². The minimum atomic E-state index is -0.717. The van der Waals surface area contributed by atoms with Crippen molar-refractivity contribution < 1.29 is 14.4 Å². The Labute approximate surface area is 227 Å². The zero-order valence-corrected chi connectivity index (χ0v) is 22.9. The quantitative estimate of drug-likeness (QED) is 0.413. The number of rotatable bonds is 9. The molecule has 2 fully saturated rings. The lowest BCUT2D eigenvalue weighted by atomic mass is 9.95. The number of hydrogen-bond acceptors (Lipinski definition) is 6. The highest BCUT2D eigenvalue weighted by molar-refractivity contribution is 7.09. The Morgan fingerprint density at radius 3 is 2.32 bits per heavy atom. The number of halogens is 1. The Bertz CT molecular complexity index is 1110. The number of hydrogen-bond donors (Lipinski definition) is 3. The third kappa shape index (κ3) is 6.62. The molecule has 1 atom stereocenters. The first-order valence-electron chi connectivity index (χ1n) is 13.3.